The fourth-order valence-electron chi connectivity index (χ4n) is 6.91. The molecule has 0 heterocycles. The van der Waals surface area contributed by atoms with Crippen LogP contribution in [0.15, 0.2) is 48.6 Å². The summed E-state index contributed by atoms with van der Waals surface area (Å²) >= 11 is 0. The zero-order valence-corrected chi connectivity index (χ0v) is 26.3. The van der Waals surface area contributed by atoms with Gasteiger partial charge in [0.1, 0.15) is 25.6 Å². The van der Waals surface area contributed by atoms with Crippen molar-refractivity contribution in [3.63, 3.8) is 0 Å². The highest BCUT2D eigenvalue weighted by molar-refractivity contribution is 5.86. The van der Waals surface area contributed by atoms with Crippen LogP contribution in [0.5, 0.6) is 11.5 Å². The molecule has 2 fully saturated rings. The molecule has 2 aliphatic rings. The minimum absolute atomic E-state index is 0.0283. The van der Waals surface area contributed by atoms with Crippen molar-refractivity contribution in [3.8, 4) is 11.5 Å². The number of ether oxygens (including phenoxy) is 3. The standard InChI is InChI=1S/C37H51FO5/c1-4-5-6-7-27-8-10-28(11-9-27)31-16-18-33(34(38)24-31)30-14-12-29(13-15-30)32-17-19-35(41-21-20-39)36(25-32)42-22-23-43-37(40)26(2)3/h16-19,24-25,27-30,39H,2,4-15,20-23H2,1,3H3. The summed E-state index contributed by atoms with van der Waals surface area (Å²) < 4.78 is 32.2. The number of halogens is 1. The Kier molecular flexibility index (Phi) is 12.9. The number of aliphatic hydroxyl groups is 1. The second kappa shape index (κ2) is 16.8. The lowest BCUT2D eigenvalue weighted by Crippen LogP contribution is -2.16. The molecule has 2 aromatic carbocycles. The topological polar surface area (TPSA) is 65.0 Å². The van der Waals surface area contributed by atoms with Gasteiger partial charge in [0.05, 0.1) is 6.61 Å². The van der Waals surface area contributed by atoms with E-state index in [4.69, 9.17) is 14.2 Å². The maximum absolute atomic E-state index is 15.4. The number of hydrogen-bond acceptors (Lipinski definition) is 5. The van der Waals surface area contributed by atoms with E-state index in [2.05, 4.69) is 31.7 Å². The number of unbranched alkanes of at least 4 members (excludes halogenated alkanes) is 2. The largest absolute Gasteiger partial charge is 0.487 e. The van der Waals surface area contributed by atoms with Crippen molar-refractivity contribution in [2.45, 2.75) is 109 Å². The molecule has 0 atom stereocenters. The van der Waals surface area contributed by atoms with Crippen LogP contribution in [0.3, 0.4) is 0 Å². The summed E-state index contributed by atoms with van der Waals surface area (Å²) in [6, 6.07) is 12.0. The lowest BCUT2D eigenvalue weighted by molar-refractivity contribution is -0.139. The number of hydrogen-bond donors (Lipinski definition) is 1. The molecule has 1 N–H and O–H groups in total. The normalized spacial score (nSPS) is 22.1. The van der Waals surface area contributed by atoms with Crippen LogP contribution in [0.25, 0.3) is 0 Å². The summed E-state index contributed by atoms with van der Waals surface area (Å²) in [5.74, 6) is 2.59. The van der Waals surface area contributed by atoms with Crippen molar-refractivity contribution in [2.24, 2.45) is 5.92 Å². The monoisotopic (exact) mass is 594 g/mol. The molecule has 0 amide bonds. The highest BCUT2D eigenvalue weighted by atomic mass is 19.1. The second-order valence-electron chi connectivity index (χ2n) is 12.6. The van der Waals surface area contributed by atoms with Crippen molar-refractivity contribution in [1.82, 2.24) is 0 Å². The van der Waals surface area contributed by atoms with Gasteiger partial charge in [-0.15, -0.1) is 0 Å². The van der Waals surface area contributed by atoms with E-state index < -0.39 is 5.97 Å². The number of rotatable bonds is 15. The van der Waals surface area contributed by atoms with Crippen LogP contribution in [0.4, 0.5) is 4.39 Å². The van der Waals surface area contributed by atoms with Gasteiger partial charge in [0.2, 0.25) is 0 Å². The van der Waals surface area contributed by atoms with Crippen molar-refractivity contribution >= 4 is 5.97 Å². The summed E-state index contributed by atoms with van der Waals surface area (Å²) in [6.45, 7) is 7.80. The van der Waals surface area contributed by atoms with E-state index in [1.54, 1.807) is 6.92 Å². The maximum Gasteiger partial charge on any atom is 0.333 e. The third-order valence-corrected chi connectivity index (χ3v) is 9.44. The molecule has 2 aliphatic carbocycles. The van der Waals surface area contributed by atoms with Crippen molar-refractivity contribution in [1.29, 1.82) is 0 Å². The predicted molar refractivity (Wildman–Crippen MR) is 169 cm³/mol. The first-order chi connectivity index (χ1) is 20.9. The van der Waals surface area contributed by atoms with E-state index in [0.717, 1.165) is 42.7 Å². The zero-order valence-electron chi connectivity index (χ0n) is 26.3. The Morgan fingerprint density at radius 2 is 1.47 bits per heavy atom. The molecule has 6 heteroatoms. The molecule has 43 heavy (non-hydrogen) atoms. The Balaban J connectivity index is 1.31. The SMILES string of the molecule is C=C(C)C(=O)OCCOc1cc(C2CCC(c3ccc(C4CCC(CCCCC)CC4)cc3F)CC2)ccc1OCCO. The molecule has 2 aromatic rings. The Morgan fingerprint density at radius 3 is 2.12 bits per heavy atom. The van der Waals surface area contributed by atoms with Crippen LogP contribution in [0, 0.1) is 11.7 Å². The van der Waals surface area contributed by atoms with Gasteiger partial charge < -0.3 is 19.3 Å². The summed E-state index contributed by atoms with van der Waals surface area (Å²) in [4.78, 5) is 11.7. The first-order valence-corrected chi connectivity index (χ1v) is 16.5. The van der Waals surface area contributed by atoms with E-state index in [0.29, 0.717) is 28.9 Å². The van der Waals surface area contributed by atoms with Crippen LogP contribution in [-0.2, 0) is 9.53 Å². The molecule has 2 saturated carbocycles. The highest BCUT2D eigenvalue weighted by Gasteiger charge is 2.28. The van der Waals surface area contributed by atoms with Gasteiger partial charge >= 0.3 is 5.97 Å². The van der Waals surface area contributed by atoms with Gasteiger partial charge in [-0.25, -0.2) is 9.18 Å². The molecule has 0 aromatic heterocycles. The van der Waals surface area contributed by atoms with Gasteiger partial charge in [0, 0.05) is 5.57 Å². The van der Waals surface area contributed by atoms with Crippen molar-refractivity contribution < 1.29 is 28.5 Å². The second-order valence-corrected chi connectivity index (χ2v) is 12.6. The highest BCUT2D eigenvalue weighted by Crippen LogP contribution is 2.44. The van der Waals surface area contributed by atoms with Crippen LogP contribution in [0.2, 0.25) is 0 Å². The average Bonchev–Trinajstić information content (AvgIpc) is 3.02. The van der Waals surface area contributed by atoms with Crippen LogP contribution < -0.4 is 9.47 Å². The molecule has 236 valence electrons. The molecular formula is C37H51FO5. The fraction of sp³-hybridized carbons (Fsp3) is 0.595. The summed E-state index contributed by atoms with van der Waals surface area (Å²) in [7, 11) is 0. The van der Waals surface area contributed by atoms with Gasteiger partial charge in [-0.3, -0.25) is 0 Å². The van der Waals surface area contributed by atoms with Gasteiger partial charge in [-0.1, -0.05) is 57.4 Å². The molecule has 5 nitrogen and oxygen atoms in total. The van der Waals surface area contributed by atoms with Crippen molar-refractivity contribution in [3.05, 3.63) is 71.1 Å². The Bertz CT molecular complexity index is 1180. The molecule has 4 rings (SSSR count). The van der Waals surface area contributed by atoms with Crippen molar-refractivity contribution in [2.75, 3.05) is 26.4 Å². The van der Waals surface area contributed by atoms with Crippen LogP contribution in [0.1, 0.15) is 125 Å². The molecule has 0 aliphatic heterocycles. The Morgan fingerprint density at radius 1 is 0.837 bits per heavy atom. The molecule has 0 unspecified atom stereocenters. The minimum atomic E-state index is -0.447. The number of carbonyl (C=O) groups excluding carboxylic acids is 1. The molecule has 0 bridgehead atoms. The Labute approximate surface area is 257 Å². The third-order valence-electron chi connectivity index (χ3n) is 9.44. The van der Waals surface area contributed by atoms with Gasteiger partial charge in [0.25, 0.3) is 0 Å². The average molecular weight is 595 g/mol. The van der Waals surface area contributed by atoms with E-state index >= 15 is 4.39 Å². The van der Waals surface area contributed by atoms with Crippen LogP contribution >= 0.6 is 0 Å². The molecule has 0 spiro atoms. The first kappa shape index (κ1) is 33.0. The Hall–Kier alpha value is -2.86. The van der Waals surface area contributed by atoms with Gasteiger partial charge in [-0.2, -0.15) is 0 Å². The first-order valence-electron chi connectivity index (χ1n) is 16.5. The molecule has 0 radical (unpaired) electrons. The fourth-order valence-corrected chi connectivity index (χ4v) is 6.91. The van der Waals surface area contributed by atoms with Gasteiger partial charge in [-0.05, 0) is 117 Å². The maximum atomic E-state index is 15.4. The van der Waals surface area contributed by atoms with E-state index in [1.165, 1.54) is 56.9 Å². The number of carbonyl (C=O) groups is 1. The third kappa shape index (κ3) is 9.56. The quantitative estimate of drug-likeness (QED) is 0.127. The number of esters is 1. The molecular weight excluding hydrogens is 543 g/mol. The smallest absolute Gasteiger partial charge is 0.333 e. The number of benzene rings is 2. The molecule has 0 saturated heterocycles. The minimum Gasteiger partial charge on any atom is -0.487 e. The predicted octanol–water partition coefficient (Wildman–Crippen LogP) is 8.99. The zero-order chi connectivity index (χ0) is 30.6. The lowest BCUT2D eigenvalue weighted by Gasteiger charge is -2.31. The number of aliphatic hydroxyl groups excluding tert-OH is 1. The van der Waals surface area contributed by atoms with E-state index in [9.17, 15) is 9.90 Å². The lowest BCUT2D eigenvalue weighted by atomic mass is 9.74. The summed E-state index contributed by atoms with van der Waals surface area (Å²) in [5, 5.41) is 9.21. The van der Waals surface area contributed by atoms with E-state index in [1.807, 2.05) is 18.2 Å². The summed E-state index contributed by atoms with van der Waals surface area (Å²) in [5.41, 5.74) is 3.56. The van der Waals surface area contributed by atoms with E-state index in [-0.39, 0.29) is 38.2 Å². The van der Waals surface area contributed by atoms with Gasteiger partial charge in [0.15, 0.2) is 11.5 Å². The van der Waals surface area contributed by atoms with Crippen LogP contribution in [-0.4, -0.2) is 37.5 Å². The summed E-state index contributed by atoms with van der Waals surface area (Å²) in [6.07, 6.45) is 14.1.